The Morgan fingerprint density at radius 3 is 2.81 bits per heavy atom. The van der Waals surface area contributed by atoms with E-state index in [4.69, 9.17) is 4.42 Å². The third-order valence-corrected chi connectivity index (χ3v) is 3.99. The van der Waals surface area contributed by atoms with E-state index < -0.39 is 0 Å². The molecule has 3 rings (SSSR count). The summed E-state index contributed by atoms with van der Waals surface area (Å²) in [5, 5.41) is 7.02. The van der Waals surface area contributed by atoms with E-state index in [1.165, 1.54) is 6.07 Å². The summed E-state index contributed by atoms with van der Waals surface area (Å²) in [6, 6.07) is 5.14. The predicted octanol–water partition coefficient (Wildman–Crippen LogP) is 1.96. The first-order valence-corrected chi connectivity index (χ1v) is 7.11. The first kappa shape index (κ1) is 13.8. The monoisotopic (exact) mass is 286 g/mol. The quantitative estimate of drug-likeness (QED) is 0.828. The Labute approximate surface area is 122 Å². The Bertz CT molecular complexity index is 758. The SMILES string of the molecule is Cc1cc2oc(=O)cc(C)c2cc1NC(=O)C1CCNC1. The van der Waals surface area contributed by atoms with Crippen molar-refractivity contribution in [3.05, 3.63) is 39.7 Å². The van der Waals surface area contributed by atoms with Crippen LogP contribution in [0.1, 0.15) is 17.5 Å². The van der Waals surface area contributed by atoms with E-state index >= 15 is 0 Å². The summed E-state index contributed by atoms with van der Waals surface area (Å²) >= 11 is 0. The lowest BCUT2D eigenvalue weighted by Gasteiger charge is -2.13. The fourth-order valence-electron chi connectivity index (χ4n) is 2.71. The molecule has 1 fully saturated rings. The van der Waals surface area contributed by atoms with Gasteiger partial charge in [0.25, 0.3) is 0 Å². The minimum atomic E-state index is -0.354. The molecule has 2 heterocycles. The zero-order chi connectivity index (χ0) is 15.0. The van der Waals surface area contributed by atoms with Gasteiger partial charge in [-0.15, -0.1) is 0 Å². The standard InChI is InChI=1S/C16H18N2O3/c1-9-6-15(19)21-14-5-10(2)13(7-12(9)14)18-16(20)11-3-4-17-8-11/h5-7,11,17H,3-4,8H2,1-2H3,(H,18,20). The molecular weight excluding hydrogens is 268 g/mol. The molecule has 5 heteroatoms. The summed E-state index contributed by atoms with van der Waals surface area (Å²) in [5.74, 6) is 0.0624. The average Bonchev–Trinajstić information content (AvgIpc) is 2.94. The van der Waals surface area contributed by atoms with Gasteiger partial charge in [-0.1, -0.05) is 0 Å². The highest BCUT2D eigenvalue weighted by atomic mass is 16.4. The van der Waals surface area contributed by atoms with E-state index in [1.807, 2.05) is 19.9 Å². The number of hydrogen-bond acceptors (Lipinski definition) is 4. The largest absolute Gasteiger partial charge is 0.423 e. The van der Waals surface area contributed by atoms with Crippen molar-refractivity contribution in [2.75, 3.05) is 18.4 Å². The highest BCUT2D eigenvalue weighted by molar-refractivity contribution is 5.96. The Kier molecular flexibility index (Phi) is 3.51. The van der Waals surface area contributed by atoms with Crippen molar-refractivity contribution in [3.63, 3.8) is 0 Å². The van der Waals surface area contributed by atoms with Gasteiger partial charge in [-0.2, -0.15) is 0 Å². The number of carbonyl (C=O) groups excluding carboxylic acids is 1. The molecule has 1 aromatic heterocycles. The average molecular weight is 286 g/mol. The Morgan fingerprint density at radius 2 is 2.10 bits per heavy atom. The molecule has 2 N–H and O–H groups in total. The van der Waals surface area contributed by atoms with Gasteiger partial charge in [0.2, 0.25) is 5.91 Å². The maximum absolute atomic E-state index is 12.2. The summed E-state index contributed by atoms with van der Waals surface area (Å²) in [7, 11) is 0. The van der Waals surface area contributed by atoms with Crippen LogP contribution in [0.15, 0.2) is 27.4 Å². The number of anilines is 1. The second kappa shape index (κ2) is 5.33. The molecule has 1 aromatic carbocycles. The van der Waals surface area contributed by atoms with Crippen molar-refractivity contribution in [2.45, 2.75) is 20.3 Å². The second-order valence-electron chi connectivity index (χ2n) is 5.59. The zero-order valence-corrected chi connectivity index (χ0v) is 12.2. The molecule has 1 unspecified atom stereocenters. The molecule has 1 aliphatic rings. The molecule has 0 aliphatic carbocycles. The molecule has 1 saturated heterocycles. The smallest absolute Gasteiger partial charge is 0.336 e. The summed E-state index contributed by atoms with van der Waals surface area (Å²) in [4.78, 5) is 23.6. The van der Waals surface area contributed by atoms with Crippen LogP contribution in [-0.2, 0) is 4.79 Å². The number of amides is 1. The molecule has 1 aliphatic heterocycles. The minimum absolute atomic E-state index is 0.0231. The number of nitrogens with one attached hydrogen (secondary N) is 2. The van der Waals surface area contributed by atoms with Crippen molar-refractivity contribution in [1.82, 2.24) is 5.32 Å². The Morgan fingerprint density at radius 1 is 1.29 bits per heavy atom. The summed E-state index contributed by atoms with van der Waals surface area (Å²) < 4.78 is 5.20. The molecule has 0 spiro atoms. The van der Waals surface area contributed by atoms with Gasteiger partial charge in [0.15, 0.2) is 0 Å². The van der Waals surface area contributed by atoms with Gasteiger partial charge < -0.3 is 15.1 Å². The molecule has 110 valence electrons. The van der Waals surface area contributed by atoms with Crippen LogP contribution in [0.2, 0.25) is 0 Å². The number of rotatable bonds is 2. The normalized spacial score (nSPS) is 18.1. The van der Waals surface area contributed by atoms with E-state index in [1.54, 1.807) is 6.07 Å². The van der Waals surface area contributed by atoms with Crippen LogP contribution in [-0.4, -0.2) is 19.0 Å². The lowest BCUT2D eigenvalue weighted by Crippen LogP contribution is -2.25. The molecule has 0 radical (unpaired) electrons. The van der Waals surface area contributed by atoms with Gasteiger partial charge in [0.1, 0.15) is 5.58 Å². The van der Waals surface area contributed by atoms with Crippen molar-refractivity contribution in [2.24, 2.45) is 5.92 Å². The van der Waals surface area contributed by atoms with E-state index in [-0.39, 0.29) is 17.5 Å². The summed E-state index contributed by atoms with van der Waals surface area (Å²) in [5.41, 5.74) is 2.71. The first-order valence-electron chi connectivity index (χ1n) is 7.11. The number of fused-ring (bicyclic) bond motifs is 1. The van der Waals surface area contributed by atoms with Crippen LogP contribution in [0, 0.1) is 19.8 Å². The molecular formula is C16H18N2O3. The summed E-state index contributed by atoms with van der Waals surface area (Å²) in [6.45, 7) is 5.37. The molecule has 21 heavy (non-hydrogen) atoms. The topological polar surface area (TPSA) is 71.3 Å². The minimum Gasteiger partial charge on any atom is -0.423 e. The van der Waals surface area contributed by atoms with Crippen molar-refractivity contribution < 1.29 is 9.21 Å². The number of aryl methyl sites for hydroxylation is 2. The van der Waals surface area contributed by atoms with Crippen LogP contribution in [0.5, 0.6) is 0 Å². The van der Waals surface area contributed by atoms with Crippen LogP contribution in [0.25, 0.3) is 11.0 Å². The molecule has 0 saturated carbocycles. The lowest BCUT2D eigenvalue weighted by molar-refractivity contribution is -0.119. The Hall–Kier alpha value is -2.14. The van der Waals surface area contributed by atoms with Crippen LogP contribution >= 0.6 is 0 Å². The third-order valence-electron chi connectivity index (χ3n) is 3.99. The molecule has 5 nitrogen and oxygen atoms in total. The van der Waals surface area contributed by atoms with Gasteiger partial charge in [-0.3, -0.25) is 4.79 Å². The van der Waals surface area contributed by atoms with Crippen molar-refractivity contribution in [3.8, 4) is 0 Å². The predicted molar refractivity (Wildman–Crippen MR) is 81.6 cm³/mol. The highest BCUT2D eigenvalue weighted by Crippen LogP contribution is 2.25. The maximum Gasteiger partial charge on any atom is 0.336 e. The van der Waals surface area contributed by atoms with Gasteiger partial charge >= 0.3 is 5.63 Å². The van der Waals surface area contributed by atoms with Gasteiger partial charge in [0, 0.05) is 23.7 Å². The van der Waals surface area contributed by atoms with E-state index in [9.17, 15) is 9.59 Å². The lowest BCUT2D eigenvalue weighted by atomic mass is 10.1. The Balaban J connectivity index is 1.97. The van der Waals surface area contributed by atoms with Crippen LogP contribution < -0.4 is 16.3 Å². The third kappa shape index (κ3) is 2.69. The number of carbonyl (C=O) groups is 1. The van der Waals surface area contributed by atoms with Gasteiger partial charge in [-0.05, 0) is 50.1 Å². The first-order chi connectivity index (χ1) is 10.0. The van der Waals surface area contributed by atoms with E-state index in [0.717, 1.165) is 41.7 Å². The molecule has 1 atom stereocenters. The van der Waals surface area contributed by atoms with Crippen molar-refractivity contribution in [1.29, 1.82) is 0 Å². The van der Waals surface area contributed by atoms with Crippen LogP contribution in [0.4, 0.5) is 5.69 Å². The van der Waals surface area contributed by atoms with Gasteiger partial charge in [0.05, 0.1) is 5.92 Å². The highest BCUT2D eigenvalue weighted by Gasteiger charge is 2.22. The van der Waals surface area contributed by atoms with E-state index in [0.29, 0.717) is 5.58 Å². The van der Waals surface area contributed by atoms with Gasteiger partial charge in [-0.25, -0.2) is 4.79 Å². The van der Waals surface area contributed by atoms with E-state index in [2.05, 4.69) is 10.6 Å². The maximum atomic E-state index is 12.2. The fourth-order valence-corrected chi connectivity index (χ4v) is 2.71. The molecule has 0 bridgehead atoms. The molecule has 1 amide bonds. The second-order valence-corrected chi connectivity index (χ2v) is 5.59. The number of benzene rings is 1. The van der Waals surface area contributed by atoms with Crippen LogP contribution in [0.3, 0.4) is 0 Å². The molecule has 2 aromatic rings. The zero-order valence-electron chi connectivity index (χ0n) is 12.2. The number of hydrogen-bond donors (Lipinski definition) is 2. The van der Waals surface area contributed by atoms with Crippen molar-refractivity contribution >= 4 is 22.6 Å². The summed E-state index contributed by atoms with van der Waals surface area (Å²) in [6.07, 6.45) is 0.867. The fraction of sp³-hybridized carbons (Fsp3) is 0.375.